The van der Waals surface area contributed by atoms with E-state index in [1.807, 2.05) is 79.7 Å². The summed E-state index contributed by atoms with van der Waals surface area (Å²) in [6.07, 6.45) is 0. The largest absolute Gasteiger partial charge is 0.489 e. The monoisotopic (exact) mass is 448 g/mol. The zero-order chi connectivity index (χ0) is 22.9. The molecule has 3 aromatic carbocycles. The zero-order valence-corrected chi connectivity index (χ0v) is 19.4. The first kappa shape index (κ1) is 23.3. The van der Waals surface area contributed by atoms with Crippen LogP contribution in [-0.4, -0.2) is 17.6 Å². The van der Waals surface area contributed by atoms with Gasteiger partial charge in [0.2, 0.25) is 0 Å². The second kappa shape index (κ2) is 11.3. The highest BCUT2D eigenvalue weighted by Crippen LogP contribution is 2.23. The Hall–Kier alpha value is -3.38. The highest BCUT2D eigenvalue weighted by Gasteiger charge is 2.09. The van der Waals surface area contributed by atoms with Gasteiger partial charge in [0.15, 0.2) is 11.7 Å². The van der Waals surface area contributed by atoms with E-state index in [0.29, 0.717) is 18.3 Å². The summed E-state index contributed by atoms with van der Waals surface area (Å²) in [6.45, 7) is 6.72. The van der Waals surface area contributed by atoms with Gasteiger partial charge in [-0.05, 0) is 78.1 Å². The van der Waals surface area contributed by atoms with Crippen molar-refractivity contribution in [3.05, 3.63) is 89.5 Å². The highest BCUT2D eigenvalue weighted by atomic mass is 32.1. The molecule has 0 aliphatic heterocycles. The van der Waals surface area contributed by atoms with Crippen molar-refractivity contribution in [1.29, 1.82) is 0 Å². The number of carbonyl (C=O) groups is 1. The van der Waals surface area contributed by atoms with E-state index >= 15 is 0 Å². The summed E-state index contributed by atoms with van der Waals surface area (Å²) in [5.41, 5.74) is 4.27. The lowest BCUT2D eigenvalue weighted by atomic mass is 9.98. The Labute approximate surface area is 194 Å². The predicted molar refractivity (Wildman–Crippen MR) is 132 cm³/mol. The molecule has 5 nitrogen and oxygen atoms in total. The van der Waals surface area contributed by atoms with Gasteiger partial charge < -0.3 is 14.8 Å². The van der Waals surface area contributed by atoms with Crippen LogP contribution in [-0.2, 0) is 11.4 Å². The van der Waals surface area contributed by atoms with E-state index in [0.717, 1.165) is 22.6 Å². The average Bonchev–Trinajstić information content (AvgIpc) is 2.77. The first-order valence-electron chi connectivity index (χ1n) is 10.5. The first-order chi connectivity index (χ1) is 15.4. The van der Waals surface area contributed by atoms with Crippen molar-refractivity contribution in [2.24, 2.45) is 0 Å². The molecule has 1 amide bonds. The molecule has 0 fully saturated rings. The molecule has 0 saturated carbocycles. The summed E-state index contributed by atoms with van der Waals surface area (Å²) < 4.78 is 11.4. The fourth-order valence-electron chi connectivity index (χ4n) is 3.24. The van der Waals surface area contributed by atoms with Crippen LogP contribution in [0.2, 0.25) is 0 Å². The van der Waals surface area contributed by atoms with E-state index in [1.54, 1.807) is 0 Å². The normalized spacial score (nSPS) is 10.5. The second-order valence-corrected chi connectivity index (χ2v) is 8.17. The number of nitrogens with one attached hydrogen (secondary N) is 2. The SMILES string of the molecule is Cc1cc(OCC(=O)NC(=S)Nc2ccc(OCc3ccccc3)cc2)ccc1C(C)C. The summed E-state index contributed by atoms with van der Waals surface area (Å²) in [7, 11) is 0. The molecule has 0 heterocycles. The molecule has 32 heavy (non-hydrogen) atoms. The number of amides is 1. The number of ether oxygens (including phenoxy) is 2. The molecule has 6 heteroatoms. The van der Waals surface area contributed by atoms with E-state index in [4.69, 9.17) is 21.7 Å². The van der Waals surface area contributed by atoms with Crippen molar-refractivity contribution in [3.63, 3.8) is 0 Å². The first-order valence-corrected chi connectivity index (χ1v) is 10.9. The smallest absolute Gasteiger partial charge is 0.264 e. The number of thiocarbonyl (C=S) groups is 1. The fourth-order valence-corrected chi connectivity index (χ4v) is 3.47. The average molecular weight is 449 g/mol. The number of anilines is 1. The third kappa shape index (κ3) is 7.10. The van der Waals surface area contributed by atoms with Crippen LogP contribution in [0.4, 0.5) is 5.69 Å². The van der Waals surface area contributed by atoms with Gasteiger partial charge in [-0.1, -0.05) is 50.2 Å². The third-order valence-electron chi connectivity index (χ3n) is 4.85. The Morgan fingerprint density at radius 3 is 2.28 bits per heavy atom. The molecule has 3 rings (SSSR count). The Balaban J connectivity index is 1.42. The van der Waals surface area contributed by atoms with Crippen molar-refractivity contribution in [3.8, 4) is 11.5 Å². The van der Waals surface area contributed by atoms with Gasteiger partial charge in [0, 0.05) is 5.69 Å². The molecule has 0 aromatic heterocycles. The van der Waals surface area contributed by atoms with Crippen LogP contribution < -0.4 is 20.1 Å². The fraction of sp³-hybridized carbons (Fsp3) is 0.231. The quantitative estimate of drug-likeness (QED) is 0.440. The van der Waals surface area contributed by atoms with E-state index < -0.39 is 0 Å². The van der Waals surface area contributed by atoms with E-state index in [1.165, 1.54) is 5.56 Å². The summed E-state index contributed by atoms with van der Waals surface area (Å²) in [4.78, 5) is 12.2. The molecule has 0 radical (unpaired) electrons. The highest BCUT2D eigenvalue weighted by molar-refractivity contribution is 7.80. The minimum Gasteiger partial charge on any atom is -0.489 e. The molecule has 0 saturated heterocycles. The van der Waals surface area contributed by atoms with E-state index in [2.05, 4.69) is 24.5 Å². The van der Waals surface area contributed by atoms with Crippen LogP contribution in [0.25, 0.3) is 0 Å². The third-order valence-corrected chi connectivity index (χ3v) is 5.05. The lowest BCUT2D eigenvalue weighted by molar-refractivity contribution is -0.121. The van der Waals surface area contributed by atoms with Crippen LogP contribution in [0.15, 0.2) is 72.8 Å². The van der Waals surface area contributed by atoms with Gasteiger partial charge in [0.25, 0.3) is 5.91 Å². The Kier molecular flexibility index (Phi) is 8.22. The number of hydrogen-bond donors (Lipinski definition) is 2. The zero-order valence-electron chi connectivity index (χ0n) is 18.6. The number of aryl methyl sites for hydroxylation is 1. The molecule has 3 aromatic rings. The summed E-state index contributed by atoms with van der Waals surface area (Å²) in [5, 5.41) is 5.83. The van der Waals surface area contributed by atoms with Gasteiger partial charge in [-0.3, -0.25) is 10.1 Å². The molecule has 0 aliphatic rings. The second-order valence-electron chi connectivity index (χ2n) is 7.76. The molecule has 2 N–H and O–H groups in total. The standard InChI is InChI=1S/C26H28N2O3S/c1-18(2)24-14-13-23(15-19(24)3)31-17-25(29)28-26(32)27-21-9-11-22(12-10-21)30-16-20-7-5-4-6-8-20/h4-15,18H,16-17H2,1-3H3,(H2,27,28,29,32). The van der Waals surface area contributed by atoms with Gasteiger partial charge in [0.05, 0.1) is 0 Å². The number of benzene rings is 3. The summed E-state index contributed by atoms with van der Waals surface area (Å²) >= 11 is 5.23. The lowest BCUT2D eigenvalue weighted by Gasteiger charge is -2.13. The van der Waals surface area contributed by atoms with Crippen molar-refractivity contribution in [2.45, 2.75) is 33.3 Å². The van der Waals surface area contributed by atoms with Crippen molar-refractivity contribution in [1.82, 2.24) is 5.32 Å². The van der Waals surface area contributed by atoms with Crippen molar-refractivity contribution < 1.29 is 14.3 Å². The van der Waals surface area contributed by atoms with E-state index in [9.17, 15) is 4.79 Å². The van der Waals surface area contributed by atoms with Crippen LogP contribution in [0.1, 0.15) is 36.5 Å². The number of hydrogen-bond acceptors (Lipinski definition) is 4. The van der Waals surface area contributed by atoms with Gasteiger partial charge in [-0.2, -0.15) is 0 Å². The molecular formula is C26H28N2O3S. The van der Waals surface area contributed by atoms with Gasteiger partial charge >= 0.3 is 0 Å². The topological polar surface area (TPSA) is 59.6 Å². The van der Waals surface area contributed by atoms with Crippen molar-refractivity contribution in [2.75, 3.05) is 11.9 Å². The molecule has 0 spiro atoms. The molecular weight excluding hydrogens is 420 g/mol. The molecule has 166 valence electrons. The molecule has 0 bridgehead atoms. The van der Waals surface area contributed by atoms with Gasteiger partial charge in [-0.25, -0.2) is 0 Å². The van der Waals surface area contributed by atoms with E-state index in [-0.39, 0.29) is 17.6 Å². The van der Waals surface area contributed by atoms with Crippen LogP contribution >= 0.6 is 12.2 Å². The maximum atomic E-state index is 12.2. The van der Waals surface area contributed by atoms with Crippen molar-refractivity contribution >= 4 is 28.9 Å². The molecule has 0 unspecified atom stereocenters. The summed E-state index contributed by atoms with van der Waals surface area (Å²) in [5.74, 6) is 1.53. The minimum absolute atomic E-state index is 0.117. The number of rotatable bonds is 8. The summed E-state index contributed by atoms with van der Waals surface area (Å²) in [6, 6.07) is 23.2. The van der Waals surface area contributed by atoms with Gasteiger partial charge in [0.1, 0.15) is 18.1 Å². The Morgan fingerprint density at radius 1 is 0.938 bits per heavy atom. The Bertz CT molecular complexity index is 1050. The number of carbonyl (C=O) groups excluding carboxylic acids is 1. The lowest BCUT2D eigenvalue weighted by Crippen LogP contribution is -2.37. The molecule has 0 atom stereocenters. The maximum Gasteiger partial charge on any atom is 0.264 e. The Morgan fingerprint density at radius 2 is 1.62 bits per heavy atom. The van der Waals surface area contributed by atoms with Crippen LogP contribution in [0, 0.1) is 6.92 Å². The predicted octanol–water partition coefficient (Wildman–Crippen LogP) is 5.59. The molecule has 0 aliphatic carbocycles. The van der Waals surface area contributed by atoms with Crippen LogP contribution in [0.3, 0.4) is 0 Å². The maximum absolute atomic E-state index is 12.2. The van der Waals surface area contributed by atoms with Crippen LogP contribution in [0.5, 0.6) is 11.5 Å². The minimum atomic E-state index is -0.323. The van der Waals surface area contributed by atoms with Gasteiger partial charge in [-0.15, -0.1) is 0 Å².